The molecule has 0 aliphatic heterocycles. The maximum Gasteiger partial charge on any atom is 0.303 e. The molecule has 4 fully saturated rings. The second-order valence-electron chi connectivity index (χ2n) is 13.1. The molecule has 0 saturated heterocycles. The zero-order valence-corrected chi connectivity index (χ0v) is 22.0. The molecule has 0 aromatic rings. The van der Waals surface area contributed by atoms with Crippen molar-refractivity contribution in [2.24, 2.45) is 45.3 Å². The molecule has 0 radical (unpaired) electrons. The first-order valence-corrected chi connectivity index (χ1v) is 13.8. The van der Waals surface area contributed by atoms with Gasteiger partial charge in [0.1, 0.15) is 0 Å². The lowest BCUT2D eigenvalue weighted by molar-refractivity contribution is -0.139. The fourth-order valence-corrected chi connectivity index (χ4v) is 10.1. The molecule has 0 heterocycles. The van der Waals surface area contributed by atoms with Gasteiger partial charge in [-0.3, -0.25) is 4.79 Å². The minimum Gasteiger partial charge on any atom is -0.481 e. The summed E-state index contributed by atoms with van der Waals surface area (Å²) >= 11 is 0. The Morgan fingerprint density at radius 3 is 2.44 bits per heavy atom. The Kier molecular flexibility index (Phi) is 6.92. The monoisotopic (exact) mass is 472 g/mol. The van der Waals surface area contributed by atoms with Crippen LogP contribution in [-0.2, 0) is 4.79 Å². The van der Waals surface area contributed by atoms with E-state index in [1.807, 2.05) is 6.92 Å². The highest BCUT2D eigenvalue weighted by molar-refractivity contribution is 5.67. The molecule has 4 nitrogen and oxygen atoms in total. The van der Waals surface area contributed by atoms with E-state index >= 15 is 0 Å². The molecule has 0 unspecified atom stereocenters. The van der Waals surface area contributed by atoms with Crippen molar-refractivity contribution in [3.63, 3.8) is 0 Å². The van der Waals surface area contributed by atoms with Crippen LogP contribution in [-0.4, -0.2) is 34.5 Å². The number of aliphatic hydroxyl groups excluding tert-OH is 2. The average molecular weight is 473 g/mol. The first-order valence-electron chi connectivity index (χ1n) is 13.8. The number of fused-ring (bicyclic) bond motifs is 2. The summed E-state index contributed by atoms with van der Waals surface area (Å²) in [6.07, 6.45) is 13.6. The fraction of sp³-hybridized carbons (Fsp3) is 0.833. The molecule has 0 aromatic heterocycles. The van der Waals surface area contributed by atoms with Crippen LogP contribution >= 0.6 is 0 Å². The SMILES string of the molecule is C=C(C)[C@@H]1CC[C@@H]2[C@]3(CC[C@]4(C)[C@@H]([C@H](CO)CC/C=C(/C)CO)CC[C@@]24C)C[C@]13CCC(=O)O. The van der Waals surface area contributed by atoms with E-state index in [1.165, 1.54) is 44.1 Å². The quantitative estimate of drug-likeness (QED) is 0.323. The smallest absolute Gasteiger partial charge is 0.303 e. The Morgan fingerprint density at radius 1 is 1.09 bits per heavy atom. The highest BCUT2D eigenvalue weighted by Gasteiger charge is 2.80. The Labute approximate surface area is 206 Å². The van der Waals surface area contributed by atoms with E-state index in [0.717, 1.165) is 31.3 Å². The molecule has 4 saturated carbocycles. The van der Waals surface area contributed by atoms with Crippen molar-refractivity contribution >= 4 is 5.97 Å². The first-order chi connectivity index (χ1) is 16.0. The van der Waals surface area contributed by atoms with Gasteiger partial charge in [0.15, 0.2) is 0 Å². The summed E-state index contributed by atoms with van der Waals surface area (Å²) in [6, 6.07) is 0. The van der Waals surface area contributed by atoms with Crippen LogP contribution in [0.5, 0.6) is 0 Å². The molecule has 4 heteroatoms. The number of aliphatic hydroxyl groups is 2. The van der Waals surface area contributed by atoms with E-state index in [-0.39, 0.29) is 35.9 Å². The van der Waals surface area contributed by atoms with Crippen molar-refractivity contribution in [2.45, 2.75) is 98.3 Å². The molecule has 4 rings (SSSR count). The van der Waals surface area contributed by atoms with Crippen molar-refractivity contribution < 1.29 is 20.1 Å². The molecule has 4 aliphatic carbocycles. The highest BCUT2D eigenvalue weighted by Crippen LogP contribution is 2.87. The number of allylic oxidation sites excluding steroid dienone is 2. The van der Waals surface area contributed by atoms with E-state index in [1.54, 1.807) is 0 Å². The van der Waals surface area contributed by atoms with Crippen molar-refractivity contribution in [1.82, 2.24) is 0 Å². The first kappa shape index (κ1) is 25.9. The average Bonchev–Trinajstić information content (AvgIpc) is 3.39. The summed E-state index contributed by atoms with van der Waals surface area (Å²) in [5.74, 6) is 1.31. The summed E-state index contributed by atoms with van der Waals surface area (Å²) in [7, 11) is 0. The third-order valence-electron chi connectivity index (χ3n) is 12.0. The Morgan fingerprint density at radius 2 is 1.82 bits per heavy atom. The van der Waals surface area contributed by atoms with Gasteiger partial charge >= 0.3 is 5.97 Å². The number of rotatable bonds is 10. The highest BCUT2D eigenvalue weighted by atomic mass is 16.4. The summed E-state index contributed by atoms with van der Waals surface area (Å²) in [5.41, 5.74) is 3.19. The number of carboxylic acid groups (broad SMARTS) is 1. The predicted octanol–water partition coefficient (Wildman–Crippen LogP) is 6.37. The lowest BCUT2D eigenvalue weighted by Crippen LogP contribution is -2.54. The van der Waals surface area contributed by atoms with Gasteiger partial charge in [0.2, 0.25) is 0 Å². The van der Waals surface area contributed by atoms with E-state index < -0.39 is 5.97 Å². The van der Waals surface area contributed by atoms with Crippen LogP contribution in [0.15, 0.2) is 23.8 Å². The number of carbonyl (C=O) groups is 1. The molecule has 192 valence electrons. The largest absolute Gasteiger partial charge is 0.481 e. The Balaban J connectivity index is 1.59. The van der Waals surface area contributed by atoms with Gasteiger partial charge in [0, 0.05) is 13.0 Å². The predicted molar refractivity (Wildman–Crippen MR) is 136 cm³/mol. The maximum absolute atomic E-state index is 11.6. The minimum absolute atomic E-state index is 0.113. The molecule has 0 bridgehead atoms. The number of hydrogen-bond donors (Lipinski definition) is 3. The molecule has 4 aliphatic rings. The van der Waals surface area contributed by atoms with Crippen molar-refractivity contribution in [1.29, 1.82) is 0 Å². The second kappa shape index (κ2) is 9.07. The van der Waals surface area contributed by atoms with Gasteiger partial charge < -0.3 is 15.3 Å². The third-order valence-corrected chi connectivity index (χ3v) is 12.0. The van der Waals surface area contributed by atoms with Gasteiger partial charge in [-0.2, -0.15) is 0 Å². The van der Waals surface area contributed by atoms with Gasteiger partial charge in [-0.25, -0.2) is 0 Å². The summed E-state index contributed by atoms with van der Waals surface area (Å²) in [6.45, 7) is 13.9. The minimum atomic E-state index is -0.664. The van der Waals surface area contributed by atoms with E-state index in [9.17, 15) is 20.1 Å². The van der Waals surface area contributed by atoms with Gasteiger partial charge in [-0.1, -0.05) is 37.6 Å². The van der Waals surface area contributed by atoms with Crippen LogP contribution < -0.4 is 0 Å². The lowest BCUT2D eigenvalue weighted by atomic mass is 9.43. The molecule has 3 N–H and O–H groups in total. The zero-order chi connectivity index (χ0) is 24.9. The normalized spacial score (nSPS) is 44.1. The molecule has 34 heavy (non-hydrogen) atoms. The van der Waals surface area contributed by atoms with Crippen LogP contribution in [0.25, 0.3) is 0 Å². The van der Waals surface area contributed by atoms with Gasteiger partial charge in [-0.05, 0) is 123 Å². The number of hydrogen-bond acceptors (Lipinski definition) is 3. The molecule has 1 spiro atoms. The van der Waals surface area contributed by atoms with Crippen LogP contribution in [0.2, 0.25) is 0 Å². The number of aliphatic carboxylic acids is 1. The van der Waals surface area contributed by atoms with Crippen molar-refractivity contribution in [2.75, 3.05) is 13.2 Å². The topological polar surface area (TPSA) is 77.8 Å². The summed E-state index contributed by atoms with van der Waals surface area (Å²) in [4.78, 5) is 11.6. The standard InChI is InChI=1S/C30H48O4/c1-20(2)23-9-10-25-28(5)13-11-24(22(18-32)8-6-7-21(3)17-31)27(28,4)15-16-30(25)19-29(23,30)14-12-26(33)34/h7,22-25,31-32H,1,6,8-19H2,2-5H3,(H,33,34)/b21-7-/t22-,23-,24+,25-,27+,28-,29+,30-/m0/s1. The zero-order valence-electron chi connectivity index (χ0n) is 22.0. The van der Waals surface area contributed by atoms with Crippen LogP contribution in [0, 0.1) is 45.3 Å². The Bertz CT molecular complexity index is 847. The lowest BCUT2D eigenvalue weighted by Gasteiger charge is -2.61. The Hall–Kier alpha value is -1.13. The molecular weight excluding hydrogens is 424 g/mol. The van der Waals surface area contributed by atoms with E-state index in [0.29, 0.717) is 29.1 Å². The fourth-order valence-electron chi connectivity index (χ4n) is 10.1. The molecular formula is C30H48O4. The van der Waals surface area contributed by atoms with Crippen LogP contribution in [0.3, 0.4) is 0 Å². The van der Waals surface area contributed by atoms with E-state index in [2.05, 4.69) is 33.4 Å². The third kappa shape index (κ3) is 3.65. The van der Waals surface area contributed by atoms with Crippen molar-refractivity contribution in [3.05, 3.63) is 23.8 Å². The van der Waals surface area contributed by atoms with Gasteiger partial charge in [0.25, 0.3) is 0 Å². The summed E-state index contributed by atoms with van der Waals surface area (Å²) in [5, 5.41) is 29.3. The van der Waals surface area contributed by atoms with Crippen LogP contribution in [0.1, 0.15) is 98.3 Å². The second-order valence-corrected chi connectivity index (χ2v) is 13.1. The molecule has 8 atom stereocenters. The van der Waals surface area contributed by atoms with Gasteiger partial charge in [-0.15, -0.1) is 0 Å². The molecule has 0 amide bonds. The molecule has 0 aromatic carbocycles. The van der Waals surface area contributed by atoms with E-state index in [4.69, 9.17) is 0 Å². The maximum atomic E-state index is 11.6. The van der Waals surface area contributed by atoms with Crippen molar-refractivity contribution in [3.8, 4) is 0 Å². The van der Waals surface area contributed by atoms with Gasteiger partial charge in [0.05, 0.1) is 6.61 Å². The number of carboxylic acids is 1. The van der Waals surface area contributed by atoms with Crippen LogP contribution in [0.4, 0.5) is 0 Å². The summed E-state index contributed by atoms with van der Waals surface area (Å²) < 4.78 is 0.